The van der Waals surface area contributed by atoms with E-state index in [1.807, 2.05) is 84.6 Å². The summed E-state index contributed by atoms with van der Waals surface area (Å²) in [5.41, 5.74) is 15.1. The number of fused-ring (bicyclic) bond motifs is 9. The Labute approximate surface area is 341 Å². The number of aromatic nitrogens is 3. The zero-order valence-corrected chi connectivity index (χ0v) is 32.0. The molecule has 8 aromatic carbocycles. The molecule has 1 unspecified atom stereocenters. The van der Waals surface area contributed by atoms with Crippen LogP contribution in [-0.2, 0) is 5.41 Å². The Kier molecular flexibility index (Phi) is 7.99. The summed E-state index contributed by atoms with van der Waals surface area (Å²) < 4.78 is 0. The Balaban J connectivity index is 1.08. The van der Waals surface area contributed by atoms with Gasteiger partial charge in [0.2, 0.25) is 0 Å². The molecule has 1 aromatic heterocycles. The predicted molar refractivity (Wildman–Crippen MR) is 233 cm³/mol. The molecule has 0 fully saturated rings. The molecular formula is C53H32N4S. The van der Waals surface area contributed by atoms with E-state index in [1.165, 1.54) is 54.3 Å². The van der Waals surface area contributed by atoms with Crippen molar-refractivity contribution in [2.24, 2.45) is 0 Å². The predicted octanol–water partition coefficient (Wildman–Crippen LogP) is 12.9. The van der Waals surface area contributed by atoms with Crippen LogP contribution in [0.4, 0.5) is 0 Å². The van der Waals surface area contributed by atoms with Crippen LogP contribution in [0.5, 0.6) is 0 Å². The molecule has 0 bridgehead atoms. The lowest BCUT2D eigenvalue weighted by atomic mass is 9.67. The second-order valence-electron chi connectivity index (χ2n) is 14.6. The molecule has 0 amide bonds. The van der Waals surface area contributed by atoms with Crippen molar-refractivity contribution in [3.63, 3.8) is 0 Å². The van der Waals surface area contributed by atoms with E-state index in [0.717, 1.165) is 27.8 Å². The highest BCUT2D eigenvalue weighted by Gasteiger charge is 2.51. The zero-order valence-electron chi connectivity index (χ0n) is 31.2. The minimum atomic E-state index is -0.534. The van der Waals surface area contributed by atoms with Gasteiger partial charge in [0.25, 0.3) is 0 Å². The maximum absolute atomic E-state index is 9.53. The smallest absolute Gasteiger partial charge is 0.164 e. The topological polar surface area (TPSA) is 62.5 Å². The van der Waals surface area contributed by atoms with Gasteiger partial charge in [0, 0.05) is 26.5 Å². The van der Waals surface area contributed by atoms with Crippen LogP contribution in [0, 0.1) is 11.3 Å². The molecule has 1 aliphatic carbocycles. The lowest BCUT2D eigenvalue weighted by Gasteiger charge is -2.40. The summed E-state index contributed by atoms with van der Waals surface area (Å²) in [4.78, 5) is 17.4. The van der Waals surface area contributed by atoms with E-state index in [4.69, 9.17) is 15.0 Å². The van der Waals surface area contributed by atoms with Crippen molar-refractivity contribution in [2.45, 2.75) is 15.2 Å². The molecule has 0 N–H and O–H groups in total. The number of hydrogen-bond donors (Lipinski definition) is 0. The Bertz CT molecular complexity index is 3020. The van der Waals surface area contributed by atoms with Crippen LogP contribution >= 0.6 is 11.8 Å². The molecule has 1 spiro atoms. The van der Waals surface area contributed by atoms with Gasteiger partial charge in [0.15, 0.2) is 17.5 Å². The van der Waals surface area contributed by atoms with Crippen molar-refractivity contribution in [3.05, 3.63) is 222 Å². The van der Waals surface area contributed by atoms with Crippen molar-refractivity contribution in [3.8, 4) is 73.6 Å². The van der Waals surface area contributed by atoms with Crippen LogP contribution in [-0.4, -0.2) is 15.0 Å². The third-order valence-electron chi connectivity index (χ3n) is 11.5. The molecule has 2 aliphatic rings. The van der Waals surface area contributed by atoms with Gasteiger partial charge in [-0.3, -0.25) is 0 Å². The lowest BCUT2D eigenvalue weighted by Crippen LogP contribution is -2.32. The third kappa shape index (κ3) is 5.27. The van der Waals surface area contributed by atoms with E-state index in [-0.39, 0.29) is 0 Å². The Morgan fingerprint density at radius 1 is 0.379 bits per heavy atom. The summed E-state index contributed by atoms with van der Waals surface area (Å²) >= 11 is 1.84. The largest absolute Gasteiger partial charge is 0.208 e. The van der Waals surface area contributed by atoms with E-state index in [9.17, 15) is 5.26 Å². The molecule has 5 heteroatoms. The first-order chi connectivity index (χ1) is 28.7. The van der Waals surface area contributed by atoms with Gasteiger partial charge in [0.1, 0.15) is 0 Å². The van der Waals surface area contributed by atoms with Crippen molar-refractivity contribution in [1.82, 2.24) is 15.0 Å². The number of rotatable bonds is 5. The highest BCUT2D eigenvalue weighted by atomic mass is 32.2. The van der Waals surface area contributed by atoms with Crippen LogP contribution in [0.3, 0.4) is 0 Å². The van der Waals surface area contributed by atoms with Gasteiger partial charge in [-0.05, 0) is 73.8 Å². The highest BCUT2D eigenvalue weighted by Crippen LogP contribution is 2.64. The molecule has 0 saturated heterocycles. The fourth-order valence-corrected chi connectivity index (χ4v) is 10.2. The Morgan fingerprint density at radius 2 is 0.845 bits per heavy atom. The summed E-state index contributed by atoms with van der Waals surface area (Å²) in [7, 11) is 0. The Hall–Kier alpha value is -7.39. The van der Waals surface area contributed by atoms with E-state index in [0.29, 0.717) is 23.0 Å². The normalized spacial score (nSPS) is 14.5. The number of hydrogen-bond acceptors (Lipinski definition) is 5. The molecule has 4 nitrogen and oxygen atoms in total. The molecule has 2 heterocycles. The SMILES string of the molecule is N#Cc1ccc(-c2cccc3c2Sc2ccccc2C32c3ccccc3-c3c(-c4ccc(-c5nc(-c6ccccc6)nc(-c6ccccc6)n5)cc4)cccc32)cc1. The van der Waals surface area contributed by atoms with Crippen molar-refractivity contribution >= 4 is 11.8 Å². The van der Waals surface area contributed by atoms with E-state index in [2.05, 4.69) is 127 Å². The third-order valence-corrected chi connectivity index (χ3v) is 12.7. The fraction of sp³-hybridized carbons (Fsp3) is 0.0189. The Morgan fingerprint density at radius 3 is 1.50 bits per heavy atom. The van der Waals surface area contributed by atoms with Crippen LogP contribution in [0.2, 0.25) is 0 Å². The lowest BCUT2D eigenvalue weighted by molar-refractivity contribution is 0.723. The quantitative estimate of drug-likeness (QED) is 0.175. The van der Waals surface area contributed by atoms with Gasteiger partial charge < -0.3 is 0 Å². The molecule has 9 aromatic rings. The molecular weight excluding hydrogens is 725 g/mol. The van der Waals surface area contributed by atoms with Crippen LogP contribution in [0.15, 0.2) is 204 Å². The van der Waals surface area contributed by atoms with E-state index in [1.54, 1.807) is 0 Å². The van der Waals surface area contributed by atoms with Gasteiger partial charge >= 0.3 is 0 Å². The molecule has 1 atom stereocenters. The van der Waals surface area contributed by atoms with Gasteiger partial charge in [-0.2, -0.15) is 5.26 Å². The first-order valence-electron chi connectivity index (χ1n) is 19.3. The van der Waals surface area contributed by atoms with Crippen molar-refractivity contribution in [2.75, 3.05) is 0 Å². The van der Waals surface area contributed by atoms with Gasteiger partial charge in [-0.1, -0.05) is 188 Å². The van der Waals surface area contributed by atoms with Gasteiger partial charge in [-0.15, -0.1) is 0 Å². The van der Waals surface area contributed by atoms with Gasteiger partial charge in [0.05, 0.1) is 17.0 Å². The van der Waals surface area contributed by atoms with Crippen molar-refractivity contribution < 1.29 is 0 Å². The minimum Gasteiger partial charge on any atom is -0.208 e. The summed E-state index contributed by atoms with van der Waals surface area (Å²) in [5.74, 6) is 1.92. The molecule has 58 heavy (non-hydrogen) atoms. The number of benzene rings is 8. The average Bonchev–Trinajstić information content (AvgIpc) is 3.60. The molecule has 11 rings (SSSR count). The van der Waals surface area contributed by atoms with Crippen LogP contribution < -0.4 is 0 Å². The second kappa shape index (κ2) is 13.7. The first-order valence-corrected chi connectivity index (χ1v) is 20.1. The maximum atomic E-state index is 9.53. The zero-order chi connectivity index (χ0) is 38.6. The molecule has 1 aliphatic heterocycles. The summed E-state index contributed by atoms with van der Waals surface area (Å²) in [6.07, 6.45) is 0. The molecule has 270 valence electrons. The minimum absolute atomic E-state index is 0.534. The second-order valence-corrected chi connectivity index (χ2v) is 15.7. The standard InChI is InChI=1S/C53H32N4S/c54-33-34-25-27-36(28-26-34)41-19-12-23-46-49(41)58-47-24-10-9-21-44(47)53(46)43-20-8-7-17-42(43)48-40(18-11-22-45(48)53)35-29-31-39(32-30-35)52-56-50(37-13-3-1-4-14-37)55-51(57-52)38-15-5-2-6-16-38/h1-32H. The first kappa shape index (κ1) is 33.9. The summed E-state index contributed by atoms with van der Waals surface area (Å²) in [6, 6.07) is 70.5. The summed E-state index contributed by atoms with van der Waals surface area (Å²) in [5, 5.41) is 9.53. The van der Waals surface area contributed by atoms with Gasteiger partial charge in [-0.25, -0.2) is 15.0 Å². The molecule has 0 saturated carbocycles. The van der Waals surface area contributed by atoms with Crippen LogP contribution in [0.25, 0.3) is 67.5 Å². The number of nitrogens with zero attached hydrogens (tertiary/aromatic N) is 4. The van der Waals surface area contributed by atoms with Crippen molar-refractivity contribution in [1.29, 1.82) is 5.26 Å². The average molecular weight is 757 g/mol. The van der Waals surface area contributed by atoms with Crippen LogP contribution in [0.1, 0.15) is 27.8 Å². The summed E-state index contributed by atoms with van der Waals surface area (Å²) in [6.45, 7) is 0. The monoisotopic (exact) mass is 756 g/mol. The maximum Gasteiger partial charge on any atom is 0.164 e. The van der Waals surface area contributed by atoms with E-state index >= 15 is 0 Å². The fourth-order valence-electron chi connectivity index (χ4n) is 8.90. The number of nitriles is 1. The molecule has 0 radical (unpaired) electrons. The van der Waals surface area contributed by atoms with E-state index < -0.39 is 5.41 Å². The highest BCUT2D eigenvalue weighted by molar-refractivity contribution is 7.99.